The van der Waals surface area contributed by atoms with Crippen molar-refractivity contribution in [3.05, 3.63) is 53.6 Å². The molecule has 138 valence electrons. The molecule has 0 spiro atoms. The quantitative estimate of drug-likeness (QED) is 0.415. The molecular formula is C21H27N3OS. The first-order valence-corrected chi connectivity index (χ1v) is 9.87. The van der Waals surface area contributed by atoms with Crippen LogP contribution in [0.2, 0.25) is 0 Å². The molecule has 0 heterocycles. The molecular weight excluding hydrogens is 342 g/mol. The maximum atomic E-state index is 7.72. The highest BCUT2D eigenvalue weighted by molar-refractivity contribution is 7.98. The lowest BCUT2D eigenvalue weighted by molar-refractivity contribution is 0.233. The van der Waals surface area contributed by atoms with Crippen LogP contribution < -0.4 is 14.8 Å². The molecule has 2 aromatic carbocycles. The van der Waals surface area contributed by atoms with Crippen LogP contribution in [0, 0.1) is 12.3 Å². The molecule has 3 N–H and O–H groups in total. The third-order valence-corrected chi connectivity index (χ3v) is 5.61. The van der Waals surface area contributed by atoms with Gasteiger partial charge in [-0.25, -0.2) is 0 Å². The zero-order valence-electron chi connectivity index (χ0n) is 15.6. The summed E-state index contributed by atoms with van der Waals surface area (Å²) >= 11 is 1.82. The van der Waals surface area contributed by atoms with E-state index >= 15 is 0 Å². The minimum absolute atomic E-state index is 0.100. The Kier molecular flexibility index (Phi) is 5.89. The Labute approximate surface area is 160 Å². The summed E-state index contributed by atoms with van der Waals surface area (Å²) < 4.78 is 9.48. The van der Waals surface area contributed by atoms with Crippen LogP contribution in [0.25, 0.3) is 0 Å². The highest BCUT2D eigenvalue weighted by Crippen LogP contribution is 2.33. The SMILES string of the molecule is Cc1ccc(Nc2ccc(OCC(C)(C)NSC3CC3)cc2C=N)cc1. The van der Waals surface area contributed by atoms with Gasteiger partial charge in [0.05, 0.1) is 5.54 Å². The highest BCUT2D eigenvalue weighted by atomic mass is 32.2. The normalized spacial score (nSPS) is 14.1. The molecule has 1 saturated carbocycles. The van der Waals surface area contributed by atoms with Crippen molar-refractivity contribution in [1.82, 2.24) is 4.72 Å². The van der Waals surface area contributed by atoms with Crippen molar-refractivity contribution in [1.29, 1.82) is 5.41 Å². The summed E-state index contributed by atoms with van der Waals surface area (Å²) in [5, 5.41) is 11.9. The second-order valence-corrected chi connectivity index (χ2v) is 8.58. The van der Waals surface area contributed by atoms with Gasteiger partial charge < -0.3 is 15.5 Å². The van der Waals surface area contributed by atoms with Gasteiger partial charge in [0, 0.05) is 28.4 Å². The first kappa shape index (κ1) is 18.8. The molecule has 0 atom stereocenters. The second kappa shape index (κ2) is 8.14. The third kappa shape index (κ3) is 5.51. The Morgan fingerprint density at radius 3 is 2.58 bits per heavy atom. The van der Waals surface area contributed by atoms with Crippen molar-refractivity contribution in [3.8, 4) is 5.75 Å². The van der Waals surface area contributed by atoms with Gasteiger partial charge in [0.15, 0.2) is 0 Å². The topological polar surface area (TPSA) is 57.1 Å². The average Bonchev–Trinajstić information content (AvgIpc) is 3.46. The van der Waals surface area contributed by atoms with Crippen LogP contribution in [0.5, 0.6) is 5.75 Å². The minimum atomic E-state index is -0.100. The Morgan fingerprint density at radius 1 is 1.19 bits per heavy atom. The Morgan fingerprint density at radius 2 is 1.92 bits per heavy atom. The summed E-state index contributed by atoms with van der Waals surface area (Å²) in [6.07, 6.45) is 3.98. The van der Waals surface area contributed by atoms with Gasteiger partial charge in [-0.05, 0) is 63.9 Å². The number of ether oxygens (including phenoxy) is 1. The summed E-state index contributed by atoms with van der Waals surface area (Å²) in [7, 11) is 0. The Balaban J connectivity index is 1.62. The molecule has 1 fully saturated rings. The van der Waals surface area contributed by atoms with E-state index in [4.69, 9.17) is 10.1 Å². The van der Waals surface area contributed by atoms with Crippen LogP contribution in [-0.2, 0) is 0 Å². The van der Waals surface area contributed by atoms with Crippen molar-refractivity contribution in [3.63, 3.8) is 0 Å². The monoisotopic (exact) mass is 369 g/mol. The first-order valence-electron chi connectivity index (χ1n) is 8.99. The molecule has 0 amide bonds. The van der Waals surface area contributed by atoms with Crippen LogP contribution in [0.15, 0.2) is 42.5 Å². The molecule has 0 saturated heterocycles. The number of rotatable bonds is 9. The highest BCUT2D eigenvalue weighted by Gasteiger charge is 2.26. The molecule has 26 heavy (non-hydrogen) atoms. The fourth-order valence-corrected chi connectivity index (χ4v) is 3.29. The molecule has 4 nitrogen and oxygen atoms in total. The van der Waals surface area contributed by atoms with Crippen LogP contribution in [0.1, 0.15) is 37.8 Å². The minimum Gasteiger partial charge on any atom is -0.492 e. The van der Waals surface area contributed by atoms with Crippen molar-refractivity contribution in [2.24, 2.45) is 0 Å². The molecule has 1 aliphatic rings. The maximum absolute atomic E-state index is 7.72. The fraction of sp³-hybridized carbons (Fsp3) is 0.381. The lowest BCUT2D eigenvalue weighted by Crippen LogP contribution is -2.41. The van der Waals surface area contributed by atoms with Crippen LogP contribution in [-0.4, -0.2) is 23.6 Å². The van der Waals surface area contributed by atoms with Gasteiger partial charge in [-0.15, -0.1) is 0 Å². The predicted octanol–water partition coefficient (Wildman–Crippen LogP) is 5.29. The van der Waals surface area contributed by atoms with E-state index in [0.29, 0.717) is 6.61 Å². The molecule has 2 aromatic rings. The fourth-order valence-electron chi connectivity index (χ4n) is 2.38. The molecule has 0 bridgehead atoms. The standard InChI is InChI=1S/C21H27N3OS/c1-15-4-6-17(7-5-15)23-20-11-8-18(12-16(20)13-22)25-14-21(2,3)24-26-19-9-10-19/h4-8,11-13,19,22-24H,9-10,14H2,1-3H3. The maximum Gasteiger partial charge on any atom is 0.120 e. The second-order valence-electron chi connectivity index (χ2n) is 7.48. The van der Waals surface area contributed by atoms with E-state index in [9.17, 15) is 0 Å². The number of anilines is 2. The van der Waals surface area contributed by atoms with Crippen LogP contribution >= 0.6 is 11.9 Å². The number of aryl methyl sites for hydroxylation is 1. The summed E-state index contributed by atoms with van der Waals surface area (Å²) in [5.74, 6) is 0.782. The van der Waals surface area contributed by atoms with E-state index in [0.717, 1.165) is 27.9 Å². The van der Waals surface area contributed by atoms with E-state index in [1.165, 1.54) is 24.6 Å². The number of benzene rings is 2. The zero-order valence-corrected chi connectivity index (χ0v) is 16.5. The Bertz CT molecular complexity index is 754. The molecule has 0 aliphatic heterocycles. The van der Waals surface area contributed by atoms with Crippen LogP contribution in [0.4, 0.5) is 11.4 Å². The predicted molar refractivity (Wildman–Crippen MR) is 112 cm³/mol. The lowest BCUT2D eigenvalue weighted by atomic mass is 10.1. The molecule has 0 aromatic heterocycles. The number of hydrogen-bond acceptors (Lipinski definition) is 5. The lowest BCUT2D eigenvalue weighted by Gasteiger charge is -2.26. The molecule has 0 radical (unpaired) electrons. The van der Waals surface area contributed by atoms with E-state index in [2.05, 4.69) is 42.9 Å². The van der Waals surface area contributed by atoms with E-state index in [1.54, 1.807) is 0 Å². The largest absolute Gasteiger partial charge is 0.492 e. The van der Waals surface area contributed by atoms with E-state index in [-0.39, 0.29) is 5.54 Å². The van der Waals surface area contributed by atoms with Crippen LogP contribution in [0.3, 0.4) is 0 Å². The van der Waals surface area contributed by atoms with Gasteiger partial charge in [0.25, 0.3) is 0 Å². The van der Waals surface area contributed by atoms with Gasteiger partial charge in [-0.2, -0.15) is 0 Å². The van der Waals surface area contributed by atoms with E-state index in [1.807, 2.05) is 42.3 Å². The molecule has 3 rings (SSSR count). The molecule has 0 unspecified atom stereocenters. The van der Waals surface area contributed by atoms with Gasteiger partial charge in [0.1, 0.15) is 12.4 Å². The molecule has 1 aliphatic carbocycles. The van der Waals surface area contributed by atoms with Gasteiger partial charge in [-0.1, -0.05) is 29.6 Å². The Hall–Kier alpha value is -1.98. The van der Waals surface area contributed by atoms with Gasteiger partial charge >= 0.3 is 0 Å². The van der Waals surface area contributed by atoms with Gasteiger partial charge in [-0.3, -0.25) is 4.72 Å². The summed E-state index contributed by atoms with van der Waals surface area (Å²) in [6.45, 7) is 6.94. The third-order valence-electron chi connectivity index (χ3n) is 4.14. The van der Waals surface area contributed by atoms with Crippen molar-refractivity contribution < 1.29 is 4.74 Å². The summed E-state index contributed by atoms with van der Waals surface area (Å²) in [5.41, 5.74) is 3.84. The summed E-state index contributed by atoms with van der Waals surface area (Å²) in [6, 6.07) is 14.0. The van der Waals surface area contributed by atoms with Gasteiger partial charge in [0.2, 0.25) is 0 Å². The first-order chi connectivity index (χ1) is 12.4. The van der Waals surface area contributed by atoms with E-state index < -0.39 is 0 Å². The summed E-state index contributed by atoms with van der Waals surface area (Å²) in [4.78, 5) is 0. The number of hydrogen-bond donors (Lipinski definition) is 3. The average molecular weight is 370 g/mol. The molecule has 5 heteroatoms. The number of nitrogens with one attached hydrogen (secondary N) is 3. The van der Waals surface area contributed by atoms with Crippen molar-refractivity contribution >= 4 is 29.5 Å². The zero-order chi connectivity index (χ0) is 18.6. The smallest absolute Gasteiger partial charge is 0.120 e. The van der Waals surface area contributed by atoms with Crippen molar-refractivity contribution in [2.45, 2.75) is 44.4 Å². The van der Waals surface area contributed by atoms with Crippen molar-refractivity contribution in [2.75, 3.05) is 11.9 Å².